The van der Waals surface area contributed by atoms with Gasteiger partial charge in [0.15, 0.2) is 0 Å². The summed E-state index contributed by atoms with van der Waals surface area (Å²) in [6, 6.07) is 18.8. The van der Waals surface area contributed by atoms with Gasteiger partial charge in [0.25, 0.3) is 5.91 Å². The molecule has 1 aliphatic rings. The number of carboxylic acid groups (broad SMARTS) is 1. The molecule has 2 amide bonds. The number of carboxylic acids is 1. The fourth-order valence-electron chi connectivity index (χ4n) is 4.32. The van der Waals surface area contributed by atoms with Crippen LogP contribution >= 0.6 is 0 Å². The van der Waals surface area contributed by atoms with Crippen molar-refractivity contribution in [2.75, 3.05) is 35.7 Å². The highest BCUT2D eigenvalue weighted by atomic mass is 19.1. The molecule has 0 fully saturated rings. The minimum atomic E-state index is -0.872. The van der Waals surface area contributed by atoms with Gasteiger partial charge in [0.1, 0.15) is 5.82 Å². The van der Waals surface area contributed by atoms with Gasteiger partial charge in [-0.3, -0.25) is 14.4 Å². The van der Waals surface area contributed by atoms with E-state index in [1.165, 1.54) is 19.1 Å². The van der Waals surface area contributed by atoms with Gasteiger partial charge in [-0.2, -0.15) is 0 Å². The van der Waals surface area contributed by atoms with Gasteiger partial charge in [0.2, 0.25) is 5.91 Å². The SMILES string of the molecule is CNCCN(C(C)=O)c1ccc(NC(=C2C(=O)Nc3cc(F)ccc32)c2ccc(CCC(=O)O)cc2)cc1. The van der Waals surface area contributed by atoms with Crippen LogP contribution in [0.3, 0.4) is 0 Å². The highest BCUT2D eigenvalue weighted by Gasteiger charge is 2.29. The lowest BCUT2D eigenvalue weighted by Crippen LogP contribution is -2.34. The van der Waals surface area contributed by atoms with Crippen molar-refractivity contribution < 1.29 is 23.9 Å². The van der Waals surface area contributed by atoms with E-state index in [1.54, 1.807) is 11.0 Å². The van der Waals surface area contributed by atoms with Crippen molar-refractivity contribution in [2.24, 2.45) is 0 Å². The molecule has 0 bridgehead atoms. The predicted molar refractivity (Wildman–Crippen MR) is 146 cm³/mol. The molecule has 3 aromatic carbocycles. The summed E-state index contributed by atoms with van der Waals surface area (Å²) in [5.41, 5.74) is 4.83. The number of aliphatic carboxylic acids is 1. The molecule has 9 heteroatoms. The topological polar surface area (TPSA) is 111 Å². The molecule has 0 aromatic heterocycles. The molecule has 38 heavy (non-hydrogen) atoms. The maximum atomic E-state index is 13.8. The van der Waals surface area contributed by atoms with E-state index in [2.05, 4.69) is 16.0 Å². The Hall–Kier alpha value is -4.50. The molecule has 0 aliphatic carbocycles. The second-order valence-corrected chi connectivity index (χ2v) is 8.93. The smallest absolute Gasteiger partial charge is 0.303 e. The van der Waals surface area contributed by atoms with Crippen molar-refractivity contribution in [3.63, 3.8) is 0 Å². The predicted octanol–water partition coefficient (Wildman–Crippen LogP) is 4.35. The maximum Gasteiger partial charge on any atom is 0.303 e. The Balaban J connectivity index is 1.72. The number of benzene rings is 3. The van der Waals surface area contributed by atoms with Gasteiger partial charge >= 0.3 is 5.97 Å². The van der Waals surface area contributed by atoms with E-state index in [4.69, 9.17) is 5.11 Å². The number of aryl methyl sites for hydroxylation is 1. The average molecular weight is 517 g/mol. The van der Waals surface area contributed by atoms with Crippen LogP contribution in [0.25, 0.3) is 11.3 Å². The Labute approximate surface area is 220 Å². The fourth-order valence-corrected chi connectivity index (χ4v) is 4.32. The van der Waals surface area contributed by atoms with Gasteiger partial charge in [0, 0.05) is 43.4 Å². The van der Waals surface area contributed by atoms with E-state index >= 15 is 0 Å². The quantitative estimate of drug-likeness (QED) is 0.298. The Morgan fingerprint density at radius 3 is 2.37 bits per heavy atom. The highest BCUT2D eigenvalue weighted by molar-refractivity contribution is 6.37. The zero-order chi connectivity index (χ0) is 27.2. The van der Waals surface area contributed by atoms with E-state index in [9.17, 15) is 18.8 Å². The second kappa shape index (κ2) is 11.7. The summed E-state index contributed by atoms with van der Waals surface area (Å²) < 4.78 is 13.8. The molecule has 0 unspecified atom stereocenters. The van der Waals surface area contributed by atoms with Gasteiger partial charge < -0.3 is 26.0 Å². The molecule has 4 N–H and O–H groups in total. The summed E-state index contributed by atoms with van der Waals surface area (Å²) in [5.74, 6) is -1.76. The first kappa shape index (κ1) is 26.6. The van der Waals surface area contributed by atoms with Gasteiger partial charge in [-0.05, 0) is 67.1 Å². The molecule has 1 aliphatic heterocycles. The van der Waals surface area contributed by atoms with E-state index in [0.717, 1.165) is 11.3 Å². The zero-order valence-corrected chi connectivity index (χ0v) is 21.2. The summed E-state index contributed by atoms with van der Waals surface area (Å²) in [5, 5.41) is 18.1. The number of rotatable bonds is 10. The average Bonchev–Trinajstić information content (AvgIpc) is 3.21. The Morgan fingerprint density at radius 2 is 1.74 bits per heavy atom. The molecular formula is C29H29FN4O4. The minimum absolute atomic E-state index is 0.0187. The first-order valence-electron chi connectivity index (χ1n) is 12.2. The number of hydrogen-bond donors (Lipinski definition) is 4. The first-order chi connectivity index (χ1) is 18.3. The van der Waals surface area contributed by atoms with Crippen LogP contribution in [0.5, 0.6) is 0 Å². The Bertz CT molecular complexity index is 1380. The largest absolute Gasteiger partial charge is 0.481 e. The van der Waals surface area contributed by atoms with Gasteiger partial charge in [-0.1, -0.05) is 24.3 Å². The maximum absolute atomic E-state index is 13.8. The van der Waals surface area contributed by atoms with Crippen molar-refractivity contribution in [3.8, 4) is 0 Å². The molecule has 8 nitrogen and oxygen atoms in total. The number of carbonyl (C=O) groups is 3. The van der Waals surface area contributed by atoms with E-state index in [0.29, 0.717) is 53.3 Å². The molecule has 3 aromatic rings. The fraction of sp³-hybridized carbons (Fsp3) is 0.207. The number of fused-ring (bicyclic) bond motifs is 1. The van der Waals surface area contributed by atoms with Crippen LogP contribution in [0, 0.1) is 5.82 Å². The van der Waals surface area contributed by atoms with Crippen LogP contribution in [0.15, 0.2) is 66.7 Å². The monoisotopic (exact) mass is 516 g/mol. The number of nitrogens with zero attached hydrogens (tertiary/aromatic N) is 1. The third-order valence-electron chi connectivity index (χ3n) is 6.26. The van der Waals surface area contributed by atoms with Crippen LogP contribution in [0.1, 0.15) is 30.0 Å². The molecule has 196 valence electrons. The van der Waals surface area contributed by atoms with Crippen molar-refractivity contribution in [2.45, 2.75) is 19.8 Å². The van der Waals surface area contributed by atoms with Crippen LogP contribution in [0.2, 0.25) is 0 Å². The number of amides is 2. The molecule has 0 radical (unpaired) electrons. The van der Waals surface area contributed by atoms with Crippen LogP contribution < -0.4 is 20.9 Å². The molecule has 0 saturated carbocycles. The molecule has 0 saturated heterocycles. The van der Waals surface area contributed by atoms with E-state index in [-0.39, 0.29) is 18.2 Å². The van der Waals surface area contributed by atoms with Gasteiger partial charge in [0.05, 0.1) is 17.0 Å². The summed E-state index contributed by atoms with van der Waals surface area (Å²) >= 11 is 0. The lowest BCUT2D eigenvalue weighted by molar-refractivity contribution is -0.137. The summed E-state index contributed by atoms with van der Waals surface area (Å²) in [6.07, 6.45) is 0.407. The van der Waals surface area contributed by atoms with Gasteiger partial charge in [-0.25, -0.2) is 4.39 Å². The third kappa shape index (κ3) is 6.07. The minimum Gasteiger partial charge on any atom is -0.481 e. The third-order valence-corrected chi connectivity index (χ3v) is 6.26. The highest BCUT2D eigenvalue weighted by Crippen LogP contribution is 2.38. The Kier molecular flexibility index (Phi) is 8.18. The standard InChI is InChI=1S/C29H29FN4O4/c1-18(35)34(16-15-31-2)23-11-9-22(10-12-23)32-28(20-6-3-19(4-7-20)5-14-26(36)37)27-24-13-8-21(30)17-25(24)33-29(27)38/h3-4,6-13,17,31-32H,5,14-16H2,1-2H3,(H,33,38)(H,36,37). The number of nitrogens with one attached hydrogen (secondary N) is 3. The van der Waals surface area contributed by atoms with Gasteiger partial charge in [-0.15, -0.1) is 0 Å². The number of halogens is 1. The first-order valence-corrected chi connectivity index (χ1v) is 12.2. The summed E-state index contributed by atoms with van der Waals surface area (Å²) in [6.45, 7) is 2.69. The second-order valence-electron chi connectivity index (χ2n) is 8.93. The van der Waals surface area contributed by atoms with Crippen molar-refractivity contribution in [3.05, 3.63) is 89.2 Å². The molecular weight excluding hydrogens is 487 g/mol. The lowest BCUT2D eigenvalue weighted by atomic mass is 9.98. The lowest BCUT2D eigenvalue weighted by Gasteiger charge is -2.22. The molecule has 0 spiro atoms. The molecule has 0 atom stereocenters. The Morgan fingerprint density at radius 1 is 1.03 bits per heavy atom. The van der Waals surface area contributed by atoms with E-state index in [1.807, 2.05) is 55.6 Å². The van der Waals surface area contributed by atoms with Crippen LogP contribution in [-0.4, -0.2) is 43.0 Å². The van der Waals surface area contributed by atoms with Crippen LogP contribution in [-0.2, 0) is 20.8 Å². The summed E-state index contributed by atoms with van der Waals surface area (Å²) in [7, 11) is 1.82. The molecule has 4 rings (SSSR count). The number of anilines is 3. The number of carbonyl (C=O) groups excluding carboxylic acids is 2. The van der Waals surface area contributed by atoms with Crippen molar-refractivity contribution in [1.82, 2.24) is 5.32 Å². The molecule has 1 heterocycles. The normalized spacial score (nSPS) is 13.5. The van der Waals surface area contributed by atoms with Crippen LogP contribution in [0.4, 0.5) is 21.5 Å². The summed E-state index contributed by atoms with van der Waals surface area (Å²) in [4.78, 5) is 37.8. The number of likely N-dealkylation sites (N-methyl/N-ethyl adjacent to an activating group) is 1. The van der Waals surface area contributed by atoms with Crippen molar-refractivity contribution in [1.29, 1.82) is 0 Å². The van der Waals surface area contributed by atoms with Crippen molar-refractivity contribution >= 4 is 46.1 Å². The zero-order valence-electron chi connectivity index (χ0n) is 21.2. The van der Waals surface area contributed by atoms with E-state index < -0.39 is 11.8 Å². The number of hydrogen-bond acceptors (Lipinski definition) is 5.